The summed E-state index contributed by atoms with van der Waals surface area (Å²) < 4.78 is 31.2. The molecule has 2 saturated carbocycles. The van der Waals surface area contributed by atoms with Gasteiger partial charge in [0, 0.05) is 18.3 Å². The Morgan fingerprint density at radius 1 is 1.31 bits per heavy atom. The maximum atomic E-state index is 13.5. The van der Waals surface area contributed by atoms with Crippen LogP contribution in [0.5, 0.6) is 0 Å². The summed E-state index contributed by atoms with van der Waals surface area (Å²) in [5.41, 5.74) is -4.85. The van der Waals surface area contributed by atoms with Gasteiger partial charge >= 0.3 is 5.97 Å². The minimum atomic E-state index is -1.79. The van der Waals surface area contributed by atoms with E-state index in [9.17, 15) is 24.5 Å². The van der Waals surface area contributed by atoms with Gasteiger partial charge in [-0.3, -0.25) is 4.79 Å². The summed E-state index contributed by atoms with van der Waals surface area (Å²) in [7, 11) is 0. The third-order valence-corrected chi connectivity index (χ3v) is 9.26. The van der Waals surface area contributed by atoms with Crippen LogP contribution < -0.4 is 0 Å². The predicted octanol–water partition coefficient (Wildman–Crippen LogP) is 2.05. The molecule has 1 aromatic carbocycles. The summed E-state index contributed by atoms with van der Waals surface area (Å²) in [4.78, 5) is 13.0. The van der Waals surface area contributed by atoms with Crippen LogP contribution in [0.1, 0.15) is 52.0 Å². The van der Waals surface area contributed by atoms with Gasteiger partial charge in [-0.2, -0.15) is 0 Å². The van der Waals surface area contributed by atoms with Crippen molar-refractivity contribution in [2.45, 2.75) is 82.3 Å². The van der Waals surface area contributed by atoms with Gasteiger partial charge in [0.2, 0.25) is 5.79 Å². The van der Waals surface area contributed by atoms with Gasteiger partial charge in [-0.25, -0.2) is 4.39 Å². The van der Waals surface area contributed by atoms with Crippen LogP contribution in [0, 0.1) is 22.6 Å². The number of esters is 1. The Balaban J connectivity index is 1.50. The van der Waals surface area contributed by atoms with E-state index >= 15 is 0 Å². The molecule has 3 aliphatic heterocycles. The van der Waals surface area contributed by atoms with Crippen molar-refractivity contribution in [1.82, 2.24) is 0 Å². The molecule has 0 aromatic heterocycles. The fraction of sp³-hybridized carbons (Fsp3) is 0.708. The Bertz CT molecular complexity index is 952. The molecule has 1 aromatic rings. The van der Waals surface area contributed by atoms with Gasteiger partial charge in [-0.1, -0.05) is 26.0 Å². The number of halogens is 1. The first-order valence-electron chi connectivity index (χ1n) is 11.3. The Kier molecular flexibility index (Phi) is 4.67. The average Bonchev–Trinajstić information content (AvgIpc) is 2.94. The summed E-state index contributed by atoms with van der Waals surface area (Å²) in [6.45, 7) is 5.15. The molecule has 5 aliphatic rings. The number of carbonyl (C=O) groups is 1. The molecule has 1 spiro atoms. The van der Waals surface area contributed by atoms with Crippen LogP contribution in [0.4, 0.5) is 4.39 Å². The molecular weight excluding hydrogens is 419 g/mol. The minimum Gasteiger partial charge on any atom is -0.430 e. The van der Waals surface area contributed by atoms with Crippen LogP contribution in [0.15, 0.2) is 24.3 Å². The lowest BCUT2D eigenvalue weighted by molar-refractivity contribution is -0.447. The SMILES string of the molecule is C[C@@H]1CC[C@@]2(O)[C@]13C[C@@]1(OC(=O)CCc4cccc(F)c4)OC(OC[C@@]2(C)[C@@]1(C)O)[C@@H]3O. The normalized spacial score (nSPS) is 49.0. The van der Waals surface area contributed by atoms with E-state index in [0.29, 0.717) is 18.4 Å². The predicted molar refractivity (Wildman–Crippen MR) is 110 cm³/mol. The molecule has 32 heavy (non-hydrogen) atoms. The lowest BCUT2D eigenvalue weighted by atomic mass is 9.43. The van der Waals surface area contributed by atoms with Crippen molar-refractivity contribution in [3.05, 3.63) is 35.6 Å². The molecule has 0 radical (unpaired) electrons. The topological polar surface area (TPSA) is 105 Å². The Morgan fingerprint density at radius 3 is 2.78 bits per heavy atom. The van der Waals surface area contributed by atoms with Gasteiger partial charge in [0.1, 0.15) is 17.5 Å². The Labute approximate surface area is 186 Å². The molecule has 6 rings (SSSR count). The van der Waals surface area contributed by atoms with Crippen LogP contribution in [0.2, 0.25) is 0 Å². The summed E-state index contributed by atoms with van der Waals surface area (Å²) >= 11 is 0. The molecule has 7 nitrogen and oxygen atoms in total. The van der Waals surface area contributed by atoms with Crippen molar-refractivity contribution in [1.29, 1.82) is 0 Å². The zero-order valence-electron chi connectivity index (χ0n) is 18.6. The number of aryl methyl sites for hydroxylation is 1. The second kappa shape index (κ2) is 6.73. The Morgan fingerprint density at radius 2 is 2.06 bits per heavy atom. The van der Waals surface area contributed by atoms with Crippen LogP contribution in [-0.2, 0) is 25.4 Å². The van der Waals surface area contributed by atoms with E-state index < -0.39 is 46.2 Å². The minimum absolute atomic E-state index is 0.0347. The van der Waals surface area contributed by atoms with Crippen LogP contribution in [-0.4, -0.2) is 57.3 Å². The van der Waals surface area contributed by atoms with E-state index in [1.165, 1.54) is 19.1 Å². The monoisotopic (exact) mass is 450 g/mol. The van der Waals surface area contributed by atoms with Crippen molar-refractivity contribution in [2.24, 2.45) is 16.7 Å². The van der Waals surface area contributed by atoms with E-state index in [1.807, 2.05) is 6.92 Å². The molecule has 5 fully saturated rings. The molecule has 8 atom stereocenters. The second-order valence-electron chi connectivity index (χ2n) is 10.5. The number of ether oxygens (including phenoxy) is 3. The first kappa shape index (κ1) is 22.2. The van der Waals surface area contributed by atoms with Crippen LogP contribution in [0.3, 0.4) is 0 Å². The fourth-order valence-corrected chi connectivity index (χ4v) is 7.07. The van der Waals surface area contributed by atoms with E-state index in [1.54, 1.807) is 19.1 Å². The van der Waals surface area contributed by atoms with Gasteiger partial charge in [0.25, 0.3) is 0 Å². The van der Waals surface area contributed by atoms with Gasteiger partial charge in [0.05, 0.1) is 17.6 Å². The zero-order valence-corrected chi connectivity index (χ0v) is 18.6. The van der Waals surface area contributed by atoms with E-state index in [-0.39, 0.29) is 37.6 Å². The lowest BCUT2D eigenvalue weighted by Gasteiger charge is -2.69. The number of hydrogen-bond acceptors (Lipinski definition) is 7. The third kappa shape index (κ3) is 2.45. The van der Waals surface area contributed by atoms with E-state index in [0.717, 1.165) is 0 Å². The number of benzene rings is 1. The molecule has 1 unspecified atom stereocenters. The highest BCUT2D eigenvalue weighted by Crippen LogP contribution is 2.74. The van der Waals surface area contributed by atoms with Crippen molar-refractivity contribution >= 4 is 5.97 Å². The van der Waals surface area contributed by atoms with Gasteiger partial charge in [-0.05, 0) is 49.8 Å². The molecule has 0 amide bonds. The van der Waals surface area contributed by atoms with Gasteiger partial charge in [0.15, 0.2) is 6.29 Å². The number of carbonyl (C=O) groups excluding carboxylic acids is 1. The molecule has 2 aliphatic carbocycles. The van der Waals surface area contributed by atoms with E-state index in [2.05, 4.69) is 0 Å². The molecule has 176 valence electrons. The molecule has 3 heterocycles. The van der Waals surface area contributed by atoms with E-state index in [4.69, 9.17) is 14.2 Å². The fourth-order valence-electron chi connectivity index (χ4n) is 7.07. The second-order valence-corrected chi connectivity index (χ2v) is 10.5. The highest BCUT2D eigenvalue weighted by Gasteiger charge is 2.86. The first-order chi connectivity index (χ1) is 14.9. The molecule has 3 saturated heterocycles. The number of fused-ring (bicyclic) bond motifs is 1. The molecule has 8 heteroatoms. The summed E-state index contributed by atoms with van der Waals surface area (Å²) in [6, 6.07) is 6.00. The van der Waals surface area contributed by atoms with Crippen LogP contribution in [0.25, 0.3) is 0 Å². The third-order valence-electron chi connectivity index (χ3n) is 9.26. The maximum Gasteiger partial charge on any atom is 0.308 e. The average molecular weight is 451 g/mol. The summed E-state index contributed by atoms with van der Waals surface area (Å²) in [6.07, 6.45) is -1.01. The highest BCUT2D eigenvalue weighted by molar-refractivity contribution is 5.70. The Hall–Kier alpha value is -1.58. The summed E-state index contributed by atoms with van der Waals surface area (Å²) in [5.74, 6) is -2.88. The van der Waals surface area contributed by atoms with Crippen molar-refractivity contribution < 1.29 is 38.7 Å². The van der Waals surface area contributed by atoms with Gasteiger partial charge in [-0.15, -0.1) is 0 Å². The highest BCUT2D eigenvalue weighted by atomic mass is 19.1. The number of aliphatic hydroxyl groups excluding tert-OH is 1. The van der Waals surface area contributed by atoms with Crippen molar-refractivity contribution in [2.75, 3.05) is 6.61 Å². The smallest absolute Gasteiger partial charge is 0.308 e. The quantitative estimate of drug-likeness (QED) is 0.603. The molecule has 3 N–H and O–H groups in total. The standard InChI is InChI=1S/C24H31FO7/c1-14-9-10-23(29)20(2)13-30-19-18(27)22(14,23)12-24(32-19,21(20,3)28)31-17(26)8-7-15-5-4-6-16(25)11-15/h4-6,11,14,18-19,27-29H,7-10,12-13H2,1-3H3/t14-,18+,19?,20+,21-,22-,23+,24-/m1/s1. The lowest BCUT2D eigenvalue weighted by Crippen LogP contribution is -2.83. The maximum absolute atomic E-state index is 13.5. The number of hydrogen-bond donors (Lipinski definition) is 3. The molecule has 4 bridgehead atoms. The van der Waals surface area contributed by atoms with Crippen molar-refractivity contribution in [3.63, 3.8) is 0 Å². The number of rotatable bonds is 4. The largest absolute Gasteiger partial charge is 0.430 e. The van der Waals surface area contributed by atoms with Gasteiger partial charge < -0.3 is 29.5 Å². The summed E-state index contributed by atoms with van der Waals surface area (Å²) in [5, 5.41) is 35.1. The number of aliphatic hydroxyl groups is 3. The van der Waals surface area contributed by atoms with Crippen molar-refractivity contribution in [3.8, 4) is 0 Å². The first-order valence-corrected chi connectivity index (χ1v) is 11.3. The zero-order chi connectivity index (χ0) is 23.2. The molecular formula is C24H31FO7. The van der Waals surface area contributed by atoms with Crippen LogP contribution >= 0.6 is 0 Å².